The van der Waals surface area contributed by atoms with Gasteiger partial charge in [0.1, 0.15) is 0 Å². The van der Waals surface area contributed by atoms with Crippen molar-refractivity contribution >= 4 is 33.2 Å². The summed E-state index contributed by atoms with van der Waals surface area (Å²) in [6.07, 6.45) is 0.470. The van der Waals surface area contributed by atoms with E-state index < -0.39 is 0 Å². The van der Waals surface area contributed by atoms with Gasteiger partial charge in [0.05, 0.1) is 3.79 Å². The van der Waals surface area contributed by atoms with Crippen molar-refractivity contribution in [1.29, 1.82) is 0 Å². The third-order valence-corrected chi connectivity index (χ3v) is 4.76. The molecule has 100 valence electrons. The van der Waals surface area contributed by atoms with Gasteiger partial charge in [-0.1, -0.05) is 0 Å². The minimum absolute atomic E-state index is 0.208. The molecule has 0 aromatic carbocycles. The minimum Gasteiger partial charge on any atom is -0.370 e. The Kier molecular flexibility index (Phi) is 5.17. The summed E-state index contributed by atoms with van der Waals surface area (Å²) < 4.78 is 1.19. The van der Waals surface area contributed by atoms with Crippen molar-refractivity contribution < 1.29 is 4.79 Å². The smallest absolute Gasteiger partial charge is 0.218 e. The molecular weight excluding hydrogens is 314 g/mol. The molecule has 1 aromatic heterocycles. The molecule has 2 N–H and O–H groups in total. The average Bonchev–Trinajstić information content (AvgIpc) is 2.74. The van der Waals surface area contributed by atoms with Crippen molar-refractivity contribution in [2.75, 3.05) is 32.7 Å². The summed E-state index contributed by atoms with van der Waals surface area (Å²) in [5, 5.41) is 0. The van der Waals surface area contributed by atoms with E-state index in [-0.39, 0.29) is 5.91 Å². The number of carbonyl (C=O) groups is 1. The van der Waals surface area contributed by atoms with E-state index in [2.05, 4.69) is 37.9 Å². The van der Waals surface area contributed by atoms with Gasteiger partial charge in [-0.2, -0.15) is 0 Å². The van der Waals surface area contributed by atoms with Crippen LogP contribution in [0.15, 0.2) is 15.9 Å². The molecule has 0 spiro atoms. The Morgan fingerprint density at radius 2 is 1.94 bits per heavy atom. The molecule has 0 bridgehead atoms. The van der Waals surface area contributed by atoms with E-state index in [0.29, 0.717) is 6.42 Å². The summed E-state index contributed by atoms with van der Waals surface area (Å²) in [5.41, 5.74) is 5.16. The Hall–Kier alpha value is -0.430. The highest BCUT2D eigenvalue weighted by atomic mass is 79.9. The van der Waals surface area contributed by atoms with E-state index in [1.807, 2.05) is 0 Å². The number of hydrogen-bond acceptors (Lipinski definition) is 4. The molecule has 6 heteroatoms. The second kappa shape index (κ2) is 6.65. The maximum Gasteiger partial charge on any atom is 0.218 e. The molecule has 0 aliphatic carbocycles. The van der Waals surface area contributed by atoms with Gasteiger partial charge >= 0.3 is 0 Å². The third-order valence-electron chi connectivity index (χ3n) is 3.15. The van der Waals surface area contributed by atoms with Gasteiger partial charge in [0.2, 0.25) is 5.91 Å². The number of nitrogens with zero attached hydrogens (tertiary/aromatic N) is 2. The Balaban J connectivity index is 1.71. The summed E-state index contributed by atoms with van der Waals surface area (Å²) in [6.45, 7) is 6.01. The highest BCUT2D eigenvalue weighted by molar-refractivity contribution is 9.11. The van der Waals surface area contributed by atoms with Gasteiger partial charge in [-0.15, -0.1) is 11.3 Å². The van der Waals surface area contributed by atoms with E-state index in [1.165, 1.54) is 8.66 Å². The van der Waals surface area contributed by atoms with Gasteiger partial charge in [-0.25, -0.2) is 0 Å². The van der Waals surface area contributed by atoms with Crippen LogP contribution in [0, 0.1) is 0 Å². The number of amides is 1. The van der Waals surface area contributed by atoms with Crippen molar-refractivity contribution in [3.63, 3.8) is 0 Å². The van der Waals surface area contributed by atoms with Crippen LogP contribution in [0.3, 0.4) is 0 Å². The highest BCUT2D eigenvalue weighted by Crippen LogP contribution is 2.23. The van der Waals surface area contributed by atoms with Crippen LogP contribution < -0.4 is 5.73 Å². The summed E-state index contributed by atoms with van der Waals surface area (Å²) in [7, 11) is 0. The average molecular weight is 332 g/mol. The zero-order valence-corrected chi connectivity index (χ0v) is 12.7. The number of thiophene rings is 1. The molecule has 1 aromatic rings. The molecule has 1 aliphatic rings. The molecule has 2 heterocycles. The Morgan fingerprint density at radius 1 is 1.28 bits per heavy atom. The van der Waals surface area contributed by atoms with Crippen molar-refractivity contribution in [3.05, 3.63) is 20.8 Å². The zero-order valence-electron chi connectivity index (χ0n) is 10.3. The Morgan fingerprint density at radius 3 is 2.50 bits per heavy atom. The lowest BCUT2D eigenvalue weighted by atomic mass is 10.2. The van der Waals surface area contributed by atoms with Crippen LogP contribution in [-0.2, 0) is 11.3 Å². The van der Waals surface area contributed by atoms with Crippen LogP contribution in [0.25, 0.3) is 0 Å². The topological polar surface area (TPSA) is 49.6 Å². The fourth-order valence-electron chi connectivity index (χ4n) is 2.10. The van der Waals surface area contributed by atoms with Gasteiger partial charge in [-0.05, 0) is 28.1 Å². The fraction of sp³-hybridized carbons (Fsp3) is 0.583. The van der Waals surface area contributed by atoms with E-state index in [0.717, 1.165) is 39.3 Å². The Bertz CT molecular complexity index is 402. The molecule has 0 saturated carbocycles. The first-order chi connectivity index (χ1) is 8.63. The molecule has 4 nitrogen and oxygen atoms in total. The molecule has 0 atom stereocenters. The predicted molar refractivity (Wildman–Crippen MR) is 77.5 cm³/mol. The normalized spacial score (nSPS) is 18.1. The van der Waals surface area contributed by atoms with E-state index in [4.69, 9.17) is 5.73 Å². The van der Waals surface area contributed by atoms with Gasteiger partial charge in [0.25, 0.3) is 0 Å². The van der Waals surface area contributed by atoms with Crippen LogP contribution in [0.2, 0.25) is 0 Å². The van der Waals surface area contributed by atoms with Gasteiger partial charge in [0, 0.05) is 50.6 Å². The standard InChI is InChI=1S/C12H18BrN3OS/c13-11-2-1-10(18-11)9-16-7-5-15(6-8-16)4-3-12(14)17/h1-2H,3-9H2,(H2,14,17). The van der Waals surface area contributed by atoms with Gasteiger partial charge in [-0.3, -0.25) is 9.69 Å². The monoisotopic (exact) mass is 331 g/mol. The van der Waals surface area contributed by atoms with Crippen molar-refractivity contribution in [1.82, 2.24) is 9.80 Å². The van der Waals surface area contributed by atoms with E-state index in [9.17, 15) is 4.79 Å². The first-order valence-electron chi connectivity index (χ1n) is 6.11. The molecule has 1 aliphatic heterocycles. The second-order valence-electron chi connectivity index (χ2n) is 4.54. The minimum atomic E-state index is -0.208. The molecule has 0 unspecified atom stereocenters. The van der Waals surface area contributed by atoms with Gasteiger partial charge in [0.15, 0.2) is 0 Å². The summed E-state index contributed by atoms with van der Waals surface area (Å²) >= 11 is 5.29. The molecule has 1 fully saturated rings. The summed E-state index contributed by atoms with van der Waals surface area (Å²) in [6, 6.07) is 4.28. The van der Waals surface area contributed by atoms with Crippen LogP contribution in [0.4, 0.5) is 0 Å². The maximum atomic E-state index is 10.7. The number of rotatable bonds is 5. The first-order valence-corrected chi connectivity index (χ1v) is 7.71. The maximum absolute atomic E-state index is 10.7. The molecule has 2 rings (SSSR count). The van der Waals surface area contributed by atoms with Crippen LogP contribution in [0.5, 0.6) is 0 Å². The van der Waals surface area contributed by atoms with Crippen LogP contribution in [0.1, 0.15) is 11.3 Å². The molecular formula is C12H18BrN3OS. The largest absolute Gasteiger partial charge is 0.370 e. The highest BCUT2D eigenvalue weighted by Gasteiger charge is 2.17. The molecule has 1 saturated heterocycles. The number of hydrogen-bond donors (Lipinski definition) is 1. The van der Waals surface area contributed by atoms with Crippen molar-refractivity contribution in [3.8, 4) is 0 Å². The number of nitrogens with two attached hydrogens (primary N) is 1. The number of carbonyl (C=O) groups excluding carboxylic acids is 1. The fourth-order valence-corrected chi connectivity index (χ4v) is 3.62. The third kappa shape index (κ3) is 4.35. The quantitative estimate of drug-likeness (QED) is 0.889. The lowest BCUT2D eigenvalue weighted by Crippen LogP contribution is -2.46. The van der Waals surface area contributed by atoms with E-state index >= 15 is 0 Å². The first kappa shape index (κ1) is 14.0. The van der Waals surface area contributed by atoms with E-state index in [1.54, 1.807) is 11.3 Å². The second-order valence-corrected chi connectivity index (χ2v) is 7.09. The molecule has 18 heavy (non-hydrogen) atoms. The van der Waals surface area contributed by atoms with Crippen LogP contribution >= 0.6 is 27.3 Å². The molecule has 1 amide bonds. The van der Waals surface area contributed by atoms with Crippen molar-refractivity contribution in [2.45, 2.75) is 13.0 Å². The number of halogens is 1. The Labute approximate surface area is 120 Å². The van der Waals surface area contributed by atoms with Crippen LogP contribution in [-0.4, -0.2) is 48.4 Å². The van der Waals surface area contributed by atoms with Gasteiger partial charge < -0.3 is 10.6 Å². The number of piperazine rings is 1. The number of primary amides is 1. The zero-order chi connectivity index (χ0) is 13.0. The molecule has 0 radical (unpaired) electrons. The summed E-state index contributed by atoms with van der Waals surface area (Å²) in [4.78, 5) is 16.9. The lowest BCUT2D eigenvalue weighted by molar-refractivity contribution is -0.118. The lowest BCUT2D eigenvalue weighted by Gasteiger charge is -2.34. The predicted octanol–water partition coefficient (Wildman–Crippen LogP) is 1.50. The summed E-state index contributed by atoms with van der Waals surface area (Å²) in [5.74, 6) is -0.208. The van der Waals surface area contributed by atoms with Crippen molar-refractivity contribution in [2.24, 2.45) is 5.73 Å². The SMILES string of the molecule is NC(=O)CCN1CCN(Cc2ccc(Br)s2)CC1.